The van der Waals surface area contributed by atoms with Gasteiger partial charge < -0.3 is 19.2 Å². The summed E-state index contributed by atoms with van der Waals surface area (Å²) in [5.74, 6) is -4.20. The molecular formula is C18H32FNO6Si. The number of ether oxygens (including phenoxy) is 2. The summed E-state index contributed by atoms with van der Waals surface area (Å²) in [4.78, 5) is 36.7. The summed E-state index contributed by atoms with van der Waals surface area (Å²) in [6.07, 6.45) is -0.677. The number of rotatable bonds is 8. The van der Waals surface area contributed by atoms with Crippen molar-refractivity contribution in [2.24, 2.45) is 5.92 Å². The second-order valence-electron chi connectivity index (χ2n) is 8.25. The van der Waals surface area contributed by atoms with Crippen LogP contribution in [-0.2, 0) is 28.3 Å². The van der Waals surface area contributed by atoms with E-state index < -0.39 is 49.9 Å². The van der Waals surface area contributed by atoms with Crippen molar-refractivity contribution in [3.8, 4) is 0 Å². The number of halogens is 1. The van der Waals surface area contributed by atoms with E-state index in [-0.39, 0.29) is 18.3 Å². The molecule has 1 saturated heterocycles. The van der Waals surface area contributed by atoms with Crippen LogP contribution in [0.1, 0.15) is 41.5 Å². The number of esters is 2. The van der Waals surface area contributed by atoms with Gasteiger partial charge in [0.15, 0.2) is 8.32 Å². The van der Waals surface area contributed by atoms with Gasteiger partial charge in [-0.3, -0.25) is 4.79 Å². The Morgan fingerprint density at radius 2 is 1.59 bits per heavy atom. The molecule has 0 aromatic rings. The summed E-state index contributed by atoms with van der Waals surface area (Å²) in [6, 6.07) is -1.40. The fourth-order valence-electron chi connectivity index (χ4n) is 2.75. The van der Waals surface area contributed by atoms with Crippen molar-refractivity contribution in [3.05, 3.63) is 0 Å². The van der Waals surface area contributed by atoms with Crippen LogP contribution in [0.3, 0.4) is 0 Å². The van der Waals surface area contributed by atoms with Gasteiger partial charge in [-0.2, -0.15) is 0 Å². The minimum absolute atomic E-state index is 0.106. The number of hydrogen-bond acceptors (Lipinski definition) is 6. The molecule has 0 aromatic carbocycles. The van der Waals surface area contributed by atoms with Crippen molar-refractivity contribution in [2.75, 3.05) is 13.2 Å². The summed E-state index contributed by atoms with van der Waals surface area (Å²) < 4.78 is 31.3. The molecule has 0 aromatic heterocycles. The van der Waals surface area contributed by atoms with Gasteiger partial charge in [-0.05, 0) is 38.9 Å². The number of β-lactam (4-membered cyclic amide) rings is 1. The molecule has 1 rings (SSSR count). The number of hydrogen-bond donors (Lipinski definition) is 1. The SMILES string of the molecule is CCOC(=O)C(F)(C(=O)OCC)[C@H]1NC(=O)[C@@H]1[C@@H](C)O[Si](C)(C)C(C)(C)C. The van der Waals surface area contributed by atoms with Crippen LogP contribution in [0.25, 0.3) is 0 Å². The monoisotopic (exact) mass is 405 g/mol. The van der Waals surface area contributed by atoms with E-state index in [9.17, 15) is 14.4 Å². The van der Waals surface area contributed by atoms with Crippen molar-refractivity contribution in [2.45, 2.75) is 77.5 Å². The molecule has 0 unspecified atom stereocenters. The Hall–Kier alpha value is -1.48. The van der Waals surface area contributed by atoms with Gasteiger partial charge in [0, 0.05) is 0 Å². The van der Waals surface area contributed by atoms with Crippen LogP contribution < -0.4 is 5.32 Å². The minimum Gasteiger partial charge on any atom is -0.463 e. The third kappa shape index (κ3) is 4.51. The molecule has 1 aliphatic rings. The van der Waals surface area contributed by atoms with Crippen LogP contribution >= 0.6 is 0 Å². The first kappa shape index (κ1) is 23.6. The molecule has 0 radical (unpaired) electrons. The predicted octanol–water partition coefficient (Wildman–Crippen LogP) is 2.35. The van der Waals surface area contributed by atoms with Crippen molar-refractivity contribution in [1.82, 2.24) is 5.32 Å². The van der Waals surface area contributed by atoms with Gasteiger partial charge in [-0.25, -0.2) is 14.0 Å². The number of alkyl halides is 1. The molecule has 1 fully saturated rings. The normalized spacial score (nSPS) is 21.7. The number of amides is 1. The smallest absolute Gasteiger partial charge is 0.358 e. The molecule has 27 heavy (non-hydrogen) atoms. The molecule has 0 saturated carbocycles. The molecule has 156 valence electrons. The first-order valence-corrected chi connectivity index (χ1v) is 12.2. The lowest BCUT2D eigenvalue weighted by molar-refractivity contribution is -0.184. The fourth-order valence-corrected chi connectivity index (χ4v) is 4.18. The number of nitrogens with one attached hydrogen (secondary N) is 1. The van der Waals surface area contributed by atoms with E-state index in [0.29, 0.717) is 0 Å². The van der Waals surface area contributed by atoms with E-state index in [1.807, 2.05) is 33.9 Å². The molecule has 0 aliphatic carbocycles. The molecule has 1 N–H and O–H groups in total. The molecule has 0 spiro atoms. The van der Waals surface area contributed by atoms with Crippen LogP contribution in [0, 0.1) is 5.92 Å². The molecular weight excluding hydrogens is 373 g/mol. The quantitative estimate of drug-likeness (QED) is 0.288. The zero-order chi connectivity index (χ0) is 21.2. The lowest BCUT2D eigenvalue weighted by Gasteiger charge is -2.47. The van der Waals surface area contributed by atoms with E-state index in [0.717, 1.165) is 0 Å². The lowest BCUT2D eigenvalue weighted by Crippen LogP contribution is -2.74. The number of carbonyl (C=O) groups is 3. The Balaban J connectivity index is 3.16. The Kier molecular flexibility index (Phi) is 7.21. The van der Waals surface area contributed by atoms with Gasteiger partial charge in [0.1, 0.15) is 0 Å². The summed E-state index contributed by atoms with van der Waals surface area (Å²) in [5.41, 5.74) is -3.12. The first-order chi connectivity index (χ1) is 12.2. The topological polar surface area (TPSA) is 90.9 Å². The fraction of sp³-hybridized carbons (Fsp3) is 0.833. The van der Waals surface area contributed by atoms with Crippen molar-refractivity contribution in [1.29, 1.82) is 0 Å². The van der Waals surface area contributed by atoms with E-state index in [4.69, 9.17) is 13.9 Å². The lowest BCUT2D eigenvalue weighted by atomic mass is 9.76. The predicted molar refractivity (Wildman–Crippen MR) is 100 cm³/mol. The summed E-state index contributed by atoms with van der Waals surface area (Å²) >= 11 is 0. The van der Waals surface area contributed by atoms with Crippen LogP contribution in [0.5, 0.6) is 0 Å². The zero-order valence-electron chi connectivity index (χ0n) is 17.5. The molecule has 1 heterocycles. The van der Waals surface area contributed by atoms with Gasteiger partial charge in [0.25, 0.3) is 0 Å². The van der Waals surface area contributed by atoms with Gasteiger partial charge >= 0.3 is 17.6 Å². The second kappa shape index (κ2) is 8.26. The highest BCUT2D eigenvalue weighted by molar-refractivity contribution is 6.74. The Labute approximate surface area is 161 Å². The summed E-state index contributed by atoms with van der Waals surface area (Å²) in [7, 11) is -2.25. The molecule has 3 atom stereocenters. The van der Waals surface area contributed by atoms with E-state index in [1.165, 1.54) is 13.8 Å². The summed E-state index contributed by atoms with van der Waals surface area (Å²) in [5, 5.41) is 2.22. The molecule has 9 heteroatoms. The average molecular weight is 406 g/mol. The molecule has 7 nitrogen and oxygen atoms in total. The van der Waals surface area contributed by atoms with Gasteiger partial charge in [-0.15, -0.1) is 0 Å². The third-order valence-corrected chi connectivity index (χ3v) is 9.90. The molecule has 1 amide bonds. The van der Waals surface area contributed by atoms with E-state index >= 15 is 4.39 Å². The second-order valence-corrected chi connectivity index (χ2v) is 13.0. The van der Waals surface area contributed by atoms with Gasteiger partial charge in [0.05, 0.1) is 31.3 Å². The van der Waals surface area contributed by atoms with Crippen molar-refractivity contribution >= 4 is 26.2 Å². The maximum Gasteiger partial charge on any atom is 0.358 e. The van der Waals surface area contributed by atoms with Crippen LogP contribution in [0.15, 0.2) is 0 Å². The highest BCUT2D eigenvalue weighted by atomic mass is 28.4. The van der Waals surface area contributed by atoms with Crippen molar-refractivity contribution in [3.63, 3.8) is 0 Å². The highest BCUT2D eigenvalue weighted by Crippen LogP contribution is 2.41. The largest absolute Gasteiger partial charge is 0.463 e. The van der Waals surface area contributed by atoms with Gasteiger partial charge in [-0.1, -0.05) is 20.8 Å². The van der Waals surface area contributed by atoms with Crippen LogP contribution in [0.4, 0.5) is 4.39 Å². The Morgan fingerprint density at radius 3 is 1.93 bits per heavy atom. The average Bonchev–Trinajstić information content (AvgIpc) is 2.50. The first-order valence-electron chi connectivity index (χ1n) is 9.25. The van der Waals surface area contributed by atoms with Crippen molar-refractivity contribution < 1.29 is 32.7 Å². The highest BCUT2D eigenvalue weighted by Gasteiger charge is 2.66. The van der Waals surface area contributed by atoms with Crippen LogP contribution in [0.2, 0.25) is 18.1 Å². The van der Waals surface area contributed by atoms with E-state index in [2.05, 4.69) is 5.32 Å². The Bertz CT molecular complexity index is 571. The number of carbonyl (C=O) groups excluding carboxylic acids is 3. The van der Waals surface area contributed by atoms with E-state index in [1.54, 1.807) is 6.92 Å². The Morgan fingerprint density at radius 1 is 1.15 bits per heavy atom. The third-order valence-electron chi connectivity index (χ3n) is 5.33. The summed E-state index contributed by atoms with van der Waals surface area (Å²) in [6.45, 7) is 14.6. The standard InChI is InChI=1S/C18H32FNO6Si/c1-9-24-15(22)18(19,16(23)25-10-2)13-12(14(21)20-13)11(3)26-27(7,8)17(4,5)6/h11-13H,9-10H2,1-8H3,(H,20,21)/t11-,12-,13+/m1/s1. The van der Waals surface area contributed by atoms with Crippen LogP contribution in [-0.4, -0.2) is 57.2 Å². The molecule has 0 bridgehead atoms. The molecule has 1 aliphatic heterocycles. The zero-order valence-corrected chi connectivity index (χ0v) is 18.5. The minimum atomic E-state index is -3.12. The maximum atomic E-state index is 15.6. The van der Waals surface area contributed by atoms with Gasteiger partial charge in [0.2, 0.25) is 5.91 Å². The maximum absolute atomic E-state index is 15.6.